The van der Waals surface area contributed by atoms with E-state index < -0.39 is 17.8 Å². The molecule has 0 fully saturated rings. The number of ether oxygens (including phenoxy) is 4. The average Bonchev–Trinajstić information content (AvgIpc) is 2.78. The van der Waals surface area contributed by atoms with E-state index in [-0.39, 0.29) is 12.4 Å². The first-order chi connectivity index (χ1) is 14.5. The molecule has 6 heteroatoms. The Hall–Kier alpha value is -3.28. The van der Waals surface area contributed by atoms with Crippen LogP contribution in [0.5, 0.6) is 17.2 Å². The van der Waals surface area contributed by atoms with Gasteiger partial charge in [-0.3, -0.25) is 9.59 Å². The Morgan fingerprint density at radius 3 is 2.27 bits per heavy atom. The van der Waals surface area contributed by atoms with Crippen molar-refractivity contribution in [2.24, 2.45) is 5.92 Å². The number of rotatable bonds is 7. The molecule has 2 aromatic carbocycles. The first kappa shape index (κ1) is 21.4. The molecule has 2 atom stereocenters. The molecule has 0 bridgehead atoms. The molecule has 30 heavy (non-hydrogen) atoms. The molecule has 158 valence electrons. The van der Waals surface area contributed by atoms with E-state index in [2.05, 4.69) is 0 Å². The fourth-order valence-corrected chi connectivity index (χ4v) is 3.84. The van der Waals surface area contributed by atoms with Crippen LogP contribution in [0.15, 0.2) is 48.5 Å². The third-order valence-corrected chi connectivity index (χ3v) is 5.26. The van der Waals surface area contributed by atoms with E-state index in [4.69, 9.17) is 18.9 Å². The summed E-state index contributed by atoms with van der Waals surface area (Å²) in [5.41, 5.74) is 2.42. The Labute approximate surface area is 176 Å². The van der Waals surface area contributed by atoms with Crippen LogP contribution in [-0.2, 0) is 14.3 Å². The second-order valence-electron chi connectivity index (χ2n) is 6.96. The number of ketones is 1. The number of esters is 1. The van der Waals surface area contributed by atoms with E-state index in [0.717, 1.165) is 16.7 Å². The summed E-state index contributed by atoms with van der Waals surface area (Å²) in [6.07, 6.45) is 2.00. The standard InChI is InChI=1S/C24H26O6/c1-5-30-24(26)23-20(15-10-17(27-2)14-18(11-15)28-3)12-16(13-21(23)25)19-8-6-7-9-22(19)29-4/h6-11,13-14,20,23H,5,12H2,1-4H3/t20-,23-/m0/s1. The highest BCUT2D eigenvalue weighted by atomic mass is 16.5. The normalized spacial score (nSPS) is 18.4. The highest BCUT2D eigenvalue weighted by molar-refractivity contribution is 6.11. The molecule has 3 rings (SSSR count). The van der Waals surface area contributed by atoms with Gasteiger partial charge in [-0.15, -0.1) is 0 Å². The van der Waals surface area contributed by atoms with Crippen LogP contribution < -0.4 is 14.2 Å². The van der Waals surface area contributed by atoms with E-state index in [0.29, 0.717) is 23.7 Å². The number of hydrogen-bond donors (Lipinski definition) is 0. The Kier molecular flexibility index (Phi) is 6.77. The van der Waals surface area contributed by atoms with Crippen LogP contribution in [0.1, 0.15) is 30.4 Å². The summed E-state index contributed by atoms with van der Waals surface area (Å²) in [7, 11) is 4.72. The van der Waals surface area contributed by atoms with Crippen molar-refractivity contribution >= 4 is 17.3 Å². The van der Waals surface area contributed by atoms with Crippen molar-refractivity contribution in [3.05, 3.63) is 59.7 Å². The van der Waals surface area contributed by atoms with Gasteiger partial charge in [0.05, 0.1) is 27.9 Å². The largest absolute Gasteiger partial charge is 0.497 e. The molecule has 0 saturated carbocycles. The zero-order chi connectivity index (χ0) is 21.7. The molecule has 0 aromatic heterocycles. The quantitative estimate of drug-likeness (QED) is 0.507. The van der Waals surface area contributed by atoms with Crippen LogP contribution in [-0.4, -0.2) is 39.7 Å². The van der Waals surface area contributed by atoms with Gasteiger partial charge in [0, 0.05) is 17.5 Å². The molecule has 0 radical (unpaired) electrons. The Morgan fingerprint density at radius 2 is 1.67 bits per heavy atom. The van der Waals surface area contributed by atoms with Crippen molar-refractivity contribution in [3.8, 4) is 17.2 Å². The van der Waals surface area contributed by atoms with Crippen LogP contribution in [0.3, 0.4) is 0 Å². The third-order valence-electron chi connectivity index (χ3n) is 5.26. The van der Waals surface area contributed by atoms with Gasteiger partial charge in [0.1, 0.15) is 23.2 Å². The highest BCUT2D eigenvalue weighted by Crippen LogP contribution is 2.43. The average molecular weight is 410 g/mol. The summed E-state index contributed by atoms with van der Waals surface area (Å²) in [6, 6.07) is 12.9. The lowest BCUT2D eigenvalue weighted by atomic mass is 9.73. The van der Waals surface area contributed by atoms with Crippen molar-refractivity contribution in [1.29, 1.82) is 0 Å². The molecular weight excluding hydrogens is 384 g/mol. The molecule has 1 aliphatic rings. The summed E-state index contributed by atoms with van der Waals surface area (Å²) in [6.45, 7) is 1.94. The predicted molar refractivity (Wildman–Crippen MR) is 113 cm³/mol. The maximum absolute atomic E-state index is 13.1. The summed E-state index contributed by atoms with van der Waals surface area (Å²) in [4.78, 5) is 25.8. The monoisotopic (exact) mass is 410 g/mol. The highest BCUT2D eigenvalue weighted by Gasteiger charge is 2.40. The fourth-order valence-electron chi connectivity index (χ4n) is 3.84. The molecule has 0 aliphatic heterocycles. The number of methoxy groups -OCH3 is 3. The molecule has 0 saturated heterocycles. The first-order valence-corrected chi connectivity index (χ1v) is 9.79. The number of allylic oxidation sites excluding steroid dienone is 2. The molecule has 0 N–H and O–H groups in total. The minimum absolute atomic E-state index is 0.208. The minimum Gasteiger partial charge on any atom is -0.497 e. The van der Waals surface area contributed by atoms with Gasteiger partial charge in [0.25, 0.3) is 0 Å². The van der Waals surface area contributed by atoms with Crippen molar-refractivity contribution in [1.82, 2.24) is 0 Å². The van der Waals surface area contributed by atoms with Crippen molar-refractivity contribution in [2.75, 3.05) is 27.9 Å². The Balaban J connectivity index is 2.11. The van der Waals surface area contributed by atoms with E-state index in [1.807, 2.05) is 36.4 Å². The van der Waals surface area contributed by atoms with E-state index in [1.54, 1.807) is 34.3 Å². The van der Waals surface area contributed by atoms with Gasteiger partial charge in [-0.05, 0) is 48.8 Å². The maximum atomic E-state index is 13.1. The predicted octanol–water partition coefficient (Wildman–Crippen LogP) is 4.03. The van der Waals surface area contributed by atoms with E-state index in [1.165, 1.54) is 6.08 Å². The number of benzene rings is 2. The van der Waals surface area contributed by atoms with E-state index >= 15 is 0 Å². The third kappa shape index (κ3) is 4.32. The molecular formula is C24H26O6. The van der Waals surface area contributed by atoms with Gasteiger partial charge in [-0.2, -0.15) is 0 Å². The van der Waals surface area contributed by atoms with Gasteiger partial charge in [-0.1, -0.05) is 18.2 Å². The van der Waals surface area contributed by atoms with Crippen LogP contribution >= 0.6 is 0 Å². The molecule has 0 amide bonds. The summed E-state index contributed by atoms with van der Waals surface area (Å²) < 4.78 is 21.5. The maximum Gasteiger partial charge on any atom is 0.317 e. The van der Waals surface area contributed by atoms with Gasteiger partial charge in [-0.25, -0.2) is 0 Å². The van der Waals surface area contributed by atoms with Crippen LogP contribution in [0.2, 0.25) is 0 Å². The molecule has 6 nitrogen and oxygen atoms in total. The van der Waals surface area contributed by atoms with Gasteiger partial charge in [0.15, 0.2) is 5.78 Å². The minimum atomic E-state index is -0.930. The lowest BCUT2D eigenvalue weighted by molar-refractivity contribution is -0.151. The SMILES string of the molecule is CCOC(=O)[C@@H]1C(=O)C=C(c2ccccc2OC)C[C@H]1c1cc(OC)cc(OC)c1. The molecule has 0 heterocycles. The summed E-state index contributed by atoms with van der Waals surface area (Å²) in [5, 5.41) is 0. The first-order valence-electron chi connectivity index (χ1n) is 9.79. The number of carbonyl (C=O) groups is 2. The Bertz CT molecular complexity index is 940. The Morgan fingerprint density at radius 1 is 1.00 bits per heavy atom. The number of hydrogen-bond acceptors (Lipinski definition) is 6. The zero-order valence-corrected chi connectivity index (χ0v) is 17.6. The number of para-hydroxylation sites is 1. The van der Waals surface area contributed by atoms with Crippen molar-refractivity contribution in [2.45, 2.75) is 19.3 Å². The van der Waals surface area contributed by atoms with Gasteiger partial charge < -0.3 is 18.9 Å². The smallest absolute Gasteiger partial charge is 0.317 e. The lowest BCUT2D eigenvalue weighted by Gasteiger charge is -2.30. The summed E-state index contributed by atoms with van der Waals surface area (Å²) >= 11 is 0. The molecule has 1 aliphatic carbocycles. The van der Waals surface area contributed by atoms with Crippen molar-refractivity contribution < 1.29 is 28.5 Å². The van der Waals surface area contributed by atoms with E-state index in [9.17, 15) is 9.59 Å². The molecule has 2 aromatic rings. The van der Waals surface area contributed by atoms with Gasteiger partial charge in [0.2, 0.25) is 0 Å². The molecule has 0 spiro atoms. The van der Waals surface area contributed by atoms with Crippen LogP contribution in [0.4, 0.5) is 0 Å². The van der Waals surface area contributed by atoms with Crippen LogP contribution in [0.25, 0.3) is 5.57 Å². The van der Waals surface area contributed by atoms with Crippen LogP contribution in [0, 0.1) is 5.92 Å². The number of carbonyl (C=O) groups excluding carboxylic acids is 2. The second-order valence-corrected chi connectivity index (χ2v) is 6.96. The van der Waals surface area contributed by atoms with Crippen molar-refractivity contribution in [3.63, 3.8) is 0 Å². The topological polar surface area (TPSA) is 71.1 Å². The molecule has 0 unspecified atom stereocenters. The summed E-state index contributed by atoms with van der Waals surface area (Å²) in [5.74, 6) is -0.309. The lowest BCUT2D eigenvalue weighted by Crippen LogP contribution is -2.34. The second kappa shape index (κ2) is 9.48. The fraction of sp³-hybridized carbons (Fsp3) is 0.333. The zero-order valence-electron chi connectivity index (χ0n) is 17.6. The van der Waals surface area contributed by atoms with Gasteiger partial charge >= 0.3 is 5.97 Å².